The lowest BCUT2D eigenvalue weighted by atomic mass is 10.1. The average Bonchev–Trinajstić information content (AvgIpc) is 2.86. The standard InChI is InChI=1S/C28H31ClFN3O4S/c1-20(27(35)31-28(2,3)4)32(18-21-10-8-9-13-25(21)29)26(34)19-33(23-11-6-5-7-12-23)38(36,37)24-16-14-22(30)15-17-24/h5-17,20H,18-19H2,1-4H3,(H,31,35)/t20-/m0/s1. The molecule has 0 aliphatic rings. The van der Waals surface area contributed by atoms with Gasteiger partial charge in [0.2, 0.25) is 11.8 Å². The van der Waals surface area contributed by atoms with E-state index in [1.54, 1.807) is 61.5 Å². The lowest BCUT2D eigenvalue weighted by molar-refractivity contribution is -0.140. The summed E-state index contributed by atoms with van der Waals surface area (Å²) in [5.74, 6) is -1.60. The molecule has 0 unspecified atom stereocenters. The number of nitrogens with zero attached hydrogens (tertiary/aromatic N) is 2. The summed E-state index contributed by atoms with van der Waals surface area (Å²) in [5.41, 5.74) is 0.298. The molecule has 202 valence electrons. The van der Waals surface area contributed by atoms with Gasteiger partial charge in [-0.3, -0.25) is 13.9 Å². The predicted molar refractivity (Wildman–Crippen MR) is 147 cm³/mol. The zero-order chi connectivity index (χ0) is 28.1. The van der Waals surface area contributed by atoms with Crippen molar-refractivity contribution in [3.63, 3.8) is 0 Å². The highest BCUT2D eigenvalue weighted by Crippen LogP contribution is 2.25. The van der Waals surface area contributed by atoms with Gasteiger partial charge in [-0.05, 0) is 75.7 Å². The van der Waals surface area contributed by atoms with E-state index in [0.29, 0.717) is 10.6 Å². The van der Waals surface area contributed by atoms with E-state index in [4.69, 9.17) is 11.6 Å². The van der Waals surface area contributed by atoms with Crippen LogP contribution < -0.4 is 9.62 Å². The van der Waals surface area contributed by atoms with Crippen LogP contribution in [0.4, 0.5) is 10.1 Å². The molecule has 0 bridgehead atoms. The van der Waals surface area contributed by atoms with E-state index in [9.17, 15) is 22.4 Å². The number of rotatable bonds is 9. The van der Waals surface area contributed by atoms with Crippen molar-refractivity contribution in [1.29, 1.82) is 0 Å². The number of carbonyl (C=O) groups excluding carboxylic acids is 2. The Hall–Kier alpha value is -3.43. The summed E-state index contributed by atoms with van der Waals surface area (Å²) in [4.78, 5) is 28.0. The zero-order valence-corrected chi connectivity index (χ0v) is 23.3. The molecule has 0 aliphatic heterocycles. The summed E-state index contributed by atoms with van der Waals surface area (Å²) in [6.45, 7) is 6.44. The van der Waals surface area contributed by atoms with Crippen LogP contribution in [0.3, 0.4) is 0 Å². The number of hydrogen-bond acceptors (Lipinski definition) is 4. The van der Waals surface area contributed by atoms with Gasteiger partial charge < -0.3 is 10.2 Å². The Morgan fingerprint density at radius 3 is 2.11 bits per heavy atom. The predicted octanol–water partition coefficient (Wildman–Crippen LogP) is 5.01. The van der Waals surface area contributed by atoms with Gasteiger partial charge in [0.05, 0.1) is 10.6 Å². The second-order valence-corrected chi connectivity index (χ2v) is 12.1. The van der Waals surface area contributed by atoms with Gasteiger partial charge in [0, 0.05) is 17.1 Å². The SMILES string of the molecule is C[C@@H](C(=O)NC(C)(C)C)N(Cc1ccccc1Cl)C(=O)CN(c1ccccc1)S(=O)(=O)c1ccc(F)cc1. The van der Waals surface area contributed by atoms with Crippen LogP contribution in [0.5, 0.6) is 0 Å². The molecule has 1 N–H and O–H groups in total. The maximum atomic E-state index is 13.8. The maximum Gasteiger partial charge on any atom is 0.264 e. The first-order valence-corrected chi connectivity index (χ1v) is 13.8. The fraction of sp³-hybridized carbons (Fsp3) is 0.286. The largest absolute Gasteiger partial charge is 0.350 e. The molecule has 3 rings (SSSR count). The van der Waals surface area contributed by atoms with Crippen LogP contribution >= 0.6 is 11.6 Å². The van der Waals surface area contributed by atoms with Crippen LogP contribution in [0.15, 0.2) is 83.8 Å². The smallest absolute Gasteiger partial charge is 0.264 e. The molecule has 0 aliphatic carbocycles. The number of benzene rings is 3. The number of nitrogens with one attached hydrogen (secondary N) is 1. The average molecular weight is 560 g/mol. The third-order valence-electron chi connectivity index (χ3n) is 5.69. The maximum absolute atomic E-state index is 13.8. The minimum atomic E-state index is -4.26. The van der Waals surface area contributed by atoms with E-state index in [-0.39, 0.29) is 17.1 Å². The van der Waals surface area contributed by atoms with Gasteiger partial charge in [0.1, 0.15) is 18.4 Å². The molecule has 3 aromatic carbocycles. The van der Waals surface area contributed by atoms with Crippen molar-refractivity contribution in [2.75, 3.05) is 10.8 Å². The van der Waals surface area contributed by atoms with E-state index in [1.165, 1.54) is 4.90 Å². The van der Waals surface area contributed by atoms with Crippen LogP contribution in [0, 0.1) is 5.82 Å². The van der Waals surface area contributed by atoms with Crippen LogP contribution in [-0.4, -0.2) is 43.3 Å². The van der Waals surface area contributed by atoms with E-state index in [1.807, 2.05) is 20.8 Å². The van der Waals surface area contributed by atoms with Gasteiger partial charge in [0.15, 0.2) is 0 Å². The fourth-order valence-corrected chi connectivity index (χ4v) is 5.33. The Labute approximate surface area is 228 Å². The molecule has 0 fully saturated rings. The first-order valence-electron chi connectivity index (χ1n) is 12.0. The molecular weight excluding hydrogens is 529 g/mol. The summed E-state index contributed by atoms with van der Waals surface area (Å²) >= 11 is 6.36. The van der Waals surface area contributed by atoms with Crippen LogP contribution in [0.1, 0.15) is 33.3 Å². The van der Waals surface area contributed by atoms with Crippen molar-refractivity contribution < 1.29 is 22.4 Å². The topological polar surface area (TPSA) is 86.8 Å². The highest BCUT2D eigenvalue weighted by molar-refractivity contribution is 7.92. The Balaban J connectivity index is 2.02. The first-order chi connectivity index (χ1) is 17.8. The molecule has 0 spiro atoms. The number of anilines is 1. The first kappa shape index (κ1) is 29.1. The van der Waals surface area contributed by atoms with Crippen LogP contribution in [0.2, 0.25) is 5.02 Å². The van der Waals surface area contributed by atoms with E-state index in [0.717, 1.165) is 28.6 Å². The van der Waals surface area contributed by atoms with E-state index >= 15 is 0 Å². The van der Waals surface area contributed by atoms with Gasteiger partial charge in [0.25, 0.3) is 10.0 Å². The summed E-state index contributed by atoms with van der Waals surface area (Å²) in [6.07, 6.45) is 0. The second-order valence-electron chi connectivity index (χ2n) is 9.83. The third-order valence-corrected chi connectivity index (χ3v) is 7.85. The van der Waals surface area contributed by atoms with E-state index < -0.39 is 45.8 Å². The fourth-order valence-electron chi connectivity index (χ4n) is 3.72. The number of hydrogen-bond donors (Lipinski definition) is 1. The molecular formula is C28H31ClFN3O4S. The highest BCUT2D eigenvalue weighted by Gasteiger charge is 2.33. The number of carbonyl (C=O) groups is 2. The molecule has 0 saturated heterocycles. The molecule has 10 heteroatoms. The van der Waals surface area contributed by atoms with Crippen molar-refractivity contribution in [2.45, 2.75) is 50.7 Å². The summed E-state index contributed by atoms with van der Waals surface area (Å²) < 4.78 is 41.8. The van der Waals surface area contributed by atoms with Crippen LogP contribution in [-0.2, 0) is 26.2 Å². The lowest BCUT2D eigenvalue weighted by Gasteiger charge is -2.33. The Morgan fingerprint density at radius 1 is 0.947 bits per heavy atom. The molecule has 38 heavy (non-hydrogen) atoms. The molecule has 0 heterocycles. The summed E-state index contributed by atoms with van der Waals surface area (Å²) in [6, 6.07) is 18.5. The highest BCUT2D eigenvalue weighted by atomic mass is 35.5. The van der Waals surface area contributed by atoms with Crippen molar-refractivity contribution >= 4 is 39.1 Å². The quantitative estimate of drug-likeness (QED) is 0.399. The van der Waals surface area contributed by atoms with Crippen molar-refractivity contribution in [3.05, 3.63) is 95.3 Å². The zero-order valence-electron chi connectivity index (χ0n) is 21.7. The lowest BCUT2D eigenvalue weighted by Crippen LogP contribution is -2.54. The normalized spacial score (nSPS) is 12.5. The molecule has 3 aromatic rings. The van der Waals surface area contributed by atoms with Crippen molar-refractivity contribution in [2.24, 2.45) is 0 Å². The molecule has 0 saturated carbocycles. The third kappa shape index (κ3) is 7.33. The molecule has 1 atom stereocenters. The van der Waals surface area contributed by atoms with Crippen molar-refractivity contribution in [1.82, 2.24) is 10.2 Å². The van der Waals surface area contributed by atoms with Gasteiger partial charge >= 0.3 is 0 Å². The summed E-state index contributed by atoms with van der Waals surface area (Å²) in [5, 5.41) is 3.28. The molecule has 0 radical (unpaired) electrons. The Morgan fingerprint density at radius 2 is 1.53 bits per heavy atom. The Kier molecular flexibility index (Phi) is 9.17. The number of sulfonamides is 1. The molecule has 0 aromatic heterocycles. The van der Waals surface area contributed by atoms with Crippen molar-refractivity contribution in [3.8, 4) is 0 Å². The molecule has 2 amide bonds. The van der Waals surface area contributed by atoms with Gasteiger partial charge in [-0.1, -0.05) is 48.0 Å². The van der Waals surface area contributed by atoms with Gasteiger partial charge in [-0.2, -0.15) is 0 Å². The monoisotopic (exact) mass is 559 g/mol. The number of amides is 2. The Bertz CT molecular complexity index is 1380. The van der Waals surface area contributed by atoms with Gasteiger partial charge in [-0.25, -0.2) is 12.8 Å². The summed E-state index contributed by atoms with van der Waals surface area (Å²) in [7, 11) is -4.26. The van der Waals surface area contributed by atoms with Gasteiger partial charge in [-0.15, -0.1) is 0 Å². The van der Waals surface area contributed by atoms with Crippen LogP contribution in [0.25, 0.3) is 0 Å². The minimum absolute atomic E-state index is 0.0174. The second kappa shape index (κ2) is 12.0. The molecule has 7 nitrogen and oxygen atoms in total. The minimum Gasteiger partial charge on any atom is -0.350 e. The van der Waals surface area contributed by atoms with E-state index in [2.05, 4.69) is 5.32 Å². The number of halogens is 2. The number of para-hydroxylation sites is 1.